The molecular formula is C16H25NO3S. The molecule has 21 heavy (non-hydrogen) atoms. The van der Waals surface area contributed by atoms with Crippen LogP contribution < -0.4 is 10.1 Å². The molecule has 0 aromatic heterocycles. The maximum atomic E-state index is 11.5. The van der Waals surface area contributed by atoms with Gasteiger partial charge < -0.3 is 10.1 Å². The van der Waals surface area contributed by atoms with Gasteiger partial charge in [0.1, 0.15) is 11.9 Å². The molecule has 5 heteroatoms. The van der Waals surface area contributed by atoms with Crippen LogP contribution in [-0.4, -0.2) is 33.4 Å². The van der Waals surface area contributed by atoms with Crippen LogP contribution in [0.1, 0.15) is 39.0 Å². The number of benzene rings is 1. The average molecular weight is 311 g/mol. The first kappa shape index (κ1) is 16.3. The van der Waals surface area contributed by atoms with Crippen molar-refractivity contribution in [3.05, 3.63) is 24.3 Å². The van der Waals surface area contributed by atoms with Gasteiger partial charge in [-0.25, -0.2) is 8.42 Å². The van der Waals surface area contributed by atoms with Crippen molar-refractivity contribution in [2.24, 2.45) is 0 Å². The van der Waals surface area contributed by atoms with E-state index in [9.17, 15) is 8.42 Å². The van der Waals surface area contributed by atoms with E-state index in [1.165, 1.54) is 38.4 Å². The highest BCUT2D eigenvalue weighted by Gasteiger charge is 2.14. The van der Waals surface area contributed by atoms with Gasteiger partial charge in [-0.2, -0.15) is 0 Å². The summed E-state index contributed by atoms with van der Waals surface area (Å²) in [4.78, 5) is 0.299. The first-order valence-electron chi connectivity index (χ1n) is 7.65. The molecule has 4 nitrogen and oxygen atoms in total. The Hall–Kier alpha value is -1.07. The zero-order chi connectivity index (χ0) is 15.3. The third kappa shape index (κ3) is 5.32. The maximum absolute atomic E-state index is 11.5. The van der Waals surface area contributed by atoms with E-state index in [1.807, 2.05) is 6.92 Å². The molecule has 0 amide bonds. The molecule has 1 N–H and O–H groups in total. The first-order chi connectivity index (χ1) is 9.95. The highest BCUT2D eigenvalue weighted by atomic mass is 32.2. The summed E-state index contributed by atoms with van der Waals surface area (Å²) in [7, 11) is -3.19. The molecule has 1 atom stereocenters. The van der Waals surface area contributed by atoms with Crippen molar-refractivity contribution in [1.82, 2.24) is 5.32 Å². The second kappa shape index (κ2) is 7.27. The first-order valence-corrected chi connectivity index (χ1v) is 9.54. The highest BCUT2D eigenvalue weighted by Crippen LogP contribution is 2.19. The largest absolute Gasteiger partial charge is 0.489 e. The van der Waals surface area contributed by atoms with Crippen LogP contribution in [0.15, 0.2) is 29.2 Å². The summed E-state index contributed by atoms with van der Waals surface area (Å²) in [5.41, 5.74) is 0. The lowest BCUT2D eigenvalue weighted by atomic mass is 9.95. The van der Waals surface area contributed by atoms with Gasteiger partial charge in [-0.15, -0.1) is 0 Å². The number of rotatable bonds is 6. The molecule has 1 fully saturated rings. The zero-order valence-corrected chi connectivity index (χ0v) is 13.7. The van der Waals surface area contributed by atoms with Crippen LogP contribution in [-0.2, 0) is 9.84 Å². The molecule has 0 bridgehead atoms. The molecule has 1 aliphatic carbocycles. The number of sulfone groups is 1. The molecule has 0 radical (unpaired) electrons. The summed E-state index contributed by atoms with van der Waals surface area (Å²) in [5, 5.41) is 3.54. The van der Waals surface area contributed by atoms with Crippen molar-refractivity contribution in [3.8, 4) is 5.75 Å². The molecule has 1 unspecified atom stereocenters. The fourth-order valence-electron chi connectivity index (χ4n) is 2.69. The second-order valence-electron chi connectivity index (χ2n) is 5.92. The van der Waals surface area contributed by atoms with E-state index >= 15 is 0 Å². The predicted molar refractivity (Wildman–Crippen MR) is 84.5 cm³/mol. The summed E-state index contributed by atoms with van der Waals surface area (Å²) in [6.45, 7) is 2.79. The molecule has 1 aromatic rings. The maximum Gasteiger partial charge on any atom is 0.175 e. The SMILES string of the molecule is CC(CNC1CCCCC1)Oc1cccc(S(C)(=O)=O)c1. The van der Waals surface area contributed by atoms with E-state index in [0.717, 1.165) is 6.54 Å². The zero-order valence-electron chi connectivity index (χ0n) is 12.8. The van der Waals surface area contributed by atoms with Gasteiger partial charge in [0.2, 0.25) is 0 Å². The van der Waals surface area contributed by atoms with Crippen LogP contribution in [0.25, 0.3) is 0 Å². The molecule has 1 saturated carbocycles. The van der Waals surface area contributed by atoms with Gasteiger partial charge in [0.05, 0.1) is 4.90 Å². The van der Waals surface area contributed by atoms with Crippen molar-refractivity contribution in [2.45, 2.75) is 56.1 Å². The fourth-order valence-corrected chi connectivity index (χ4v) is 3.35. The minimum Gasteiger partial charge on any atom is -0.489 e. The van der Waals surface area contributed by atoms with Crippen molar-refractivity contribution in [1.29, 1.82) is 0 Å². The summed E-state index contributed by atoms with van der Waals surface area (Å²) in [6, 6.07) is 7.30. The van der Waals surface area contributed by atoms with Crippen molar-refractivity contribution in [2.75, 3.05) is 12.8 Å². The summed E-state index contributed by atoms with van der Waals surface area (Å²) >= 11 is 0. The van der Waals surface area contributed by atoms with Crippen LogP contribution in [0, 0.1) is 0 Å². The standard InChI is InChI=1S/C16H25NO3S/c1-13(12-17-14-7-4-3-5-8-14)20-15-9-6-10-16(11-15)21(2,18)19/h6,9-11,13-14,17H,3-5,7-8,12H2,1-2H3. The summed E-state index contributed by atoms with van der Waals surface area (Å²) in [6.07, 6.45) is 7.68. The lowest BCUT2D eigenvalue weighted by molar-refractivity contribution is 0.205. The molecule has 0 aliphatic heterocycles. The summed E-state index contributed by atoms with van der Waals surface area (Å²) < 4.78 is 28.9. The Bertz CT molecular complexity index is 550. The molecular weight excluding hydrogens is 286 g/mol. The highest BCUT2D eigenvalue weighted by molar-refractivity contribution is 7.90. The lowest BCUT2D eigenvalue weighted by Crippen LogP contribution is -2.37. The monoisotopic (exact) mass is 311 g/mol. The van der Waals surface area contributed by atoms with Crippen molar-refractivity contribution >= 4 is 9.84 Å². The van der Waals surface area contributed by atoms with Gasteiger partial charge >= 0.3 is 0 Å². The van der Waals surface area contributed by atoms with Crippen LogP contribution in [0.3, 0.4) is 0 Å². The number of hydrogen-bond donors (Lipinski definition) is 1. The molecule has 0 spiro atoms. The molecule has 2 rings (SSSR count). The van der Waals surface area contributed by atoms with Crippen molar-refractivity contribution in [3.63, 3.8) is 0 Å². The fraction of sp³-hybridized carbons (Fsp3) is 0.625. The Kier molecular flexibility index (Phi) is 5.65. The smallest absolute Gasteiger partial charge is 0.175 e. The average Bonchev–Trinajstić information content (AvgIpc) is 2.46. The molecule has 0 heterocycles. The minimum absolute atomic E-state index is 0.0155. The van der Waals surface area contributed by atoms with E-state index in [-0.39, 0.29) is 6.10 Å². The van der Waals surface area contributed by atoms with E-state index < -0.39 is 9.84 Å². The van der Waals surface area contributed by atoms with Gasteiger partial charge in [0.15, 0.2) is 9.84 Å². The topological polar surface area (TPSA) is 55.4 Å². The predicted octanol–water partition coefficient (Wildman–Crippen LogP) is 2.78. The number of hydrogen-bond acceptors (Lipinski definition) is 4. The van der Waals surface area contributed by atoms with Crippen LogP contribution in [0.5, 0.6) is 5.75 Å². The third-order valence-electron chi connectivity index (χ3n) is 3.87. The Morgan fingerprint density at radius 2 is 2.00 bits per heavy atom. The van der Waals surface area contributed by atoms with Gasteiger partial charge in [-0.1, -0.05) is 25.3 Å². The molecule has 1 aromatic carbocycles. The van der Waals surface area contributed by atoms with Gasteiger partial charge in [-0.3, -0.25) is 0 Å². The number of nitrogens with one attached hydrogen (secondary N) is 1. The number of ether oxygens (including phenoxy) is 1. The Morgan fingerprint density at radius 1 is 1.29 bits per heavy atom. The molecule has 0 saturated heterocycles. The van der Waals surface area contributed by atoms with E-state index in [2.05, 4.69) is 5.32 Å². The van der Waals surface area contributed by atoms with E-state index in [1.54, 1.807) is 24.3 Å². The Balaban J connectivity index is 1.86. The van der Waals surface area contributed by atoms with E-state index in [0.29, 0.717) is 16.7 Å². The summed E-state index contributed by atoms with van der Waals surface area (Å²) in [5.74, 6) is 0.607. The van der Waals surface area contributed by atoms with Gasteiger partial charge in [0, 0.05) is 18.8 Å². The van der Waals surface area contributed by atoms with Gasteiger partial charge in [-0.05, 0) is 38.0 Å². The normalized spacial score (nSPS) is 18.4. The molecule has 118 valence electrons. The Labute approximate surface area is 127 Å². The molecule has 1 aliphatic rings. The van der Waals surface area contributed by atoms with Crippen LogP contribution >= 0.6 is 0 Å². The van der Waals surface area contributed by atoms with E-state index in [4.69, 9.17) is 4.74 Å². The minimum atomic E-state index is -3.19. The van der Waals surface area contributed by atoms with Gasteiger partial charge in [0.25, 0.3) is 0 Å². The second-order valence-corrected chi connectivity index (χ2v) is 7.93. The third-order valence-corrected chi connectivity index (χ3v) is 4.98. The lowest BCUT2D eigenvalue weighted by Gasteiger charge is -2.25. The quantitative estimate of drug-likeness (QED) is 0.877. The van der Waals surface area contributed by atoms with Crippen LogP contribution in [0.2, 0.25) is 0 Å². The van der Waals surface area contributed by atoms with Crippen LogP contribution in [0.4, 0.5) is 0 Å². The van der Waals surface area contributed by atoms with Crippen molar-refractivity contribution < 1.29 is 13.2 Å². The Morgan fingerprint density at radius 3 is 2.67 bits per heavy atom.